The van der Waals surface area contributed by atoms with Gasteiger partial charge in [-0.15, -0.1) is 0 Å². The summed E-state index contributed by atoms with van der Waals surface area (Å²) in [6.45, 7) is 2.79. The Morgan fingerprint density at radius 1 is 1.20 bits per heavy atom. The maximum Gasteiger partial charge on any atom is 0.141 e. The lowest BCUT2D eigenvalue weighted by Gasteiger charge is -2.18. The molecule has 106 valence electrons. The minimum absolute atomic E-state index is 0.0135. The van der Waals surface area contributed by atoms with Gasteiger partial charge in [-0.3, -0.25) is 4.98 Å². The van der Waals surface area contributed by atoms with E-state index in [-0.39, 0.29) is 11.9 Å². The first-order chi connectivity index (χ1) is 9.60. The van der Waals surface area contributed by atoms with Crippen molar-refractivity contribution in [3.63, 3.8) is 0 Å². The Labute approximate surface area is 127 Å². The molecule has 1 unspecified atom stereocenters. The van der Waals surface area contributed by atoms with E-state index in [1.807, 2.05) is 19.1 Å². The van der Waals surface area contributed by atoms with Crippen LogP contribution >= 0.6 is 23.2 Å². The summed E-state index contributed by atoms with van der Waals surface area (Å²) >= 11 is 11.9. The number of hydrogen-bond acceptors (Lipinski definition) is 2. The molecule has 1 atom stereocenters. The maximum absolute atomic E-state index is 13.3. The fourth-order valence-electron chi connectivity index (χ4n) is 2.08. The van der Waals surface area contributed by atoms with E-state index in [9.17, 15) is 4.39 Å². The van der Waals surface area contributed by atoms with Gasteiger partial charge in [-0.1, -0.05) is 36.2 Å². The molecule has 0 saturated carbocycles. The van der Waals surface area contributed by atoms with Crippen molar-refractivity contribution < 1.29 is 4.39 Å². The van der Waals surface area contributed by atoms with E-state index in [1.165, 1.54) is 12.3 Å². The van der Waals surface area contributed by atoms with Crippen molar-refractivity contribution in [3.05, 3.63) is 63.6 Å². The Morgan fingerprint density at radius 3 is 2.65 bits per heavy atom. The molecule has 0 aliphatic carbocycles. The van der Waals surface area contributed by atoms with Crippen molar-refractivity contribution in [1.29, 1.82) is 0 Å². The summed E-state index contributed by atoms with van der Waals surface area (Å²) in [6.07, 6.45) is 3.56. The normalized spacial score (nSPS) is 12.4. The second-order valence-electron chi connectivity index (χ2n) is 4.50. The summed E-state index contributed by atoms with van der Waals surface area (Å²) in [6, 6.07) is 7.01. The lowest BCUT2D eigenvalue weighted by atomic mass is 10.00. The average molecular weight is 313 g/mol. The van der Waals surface area contributed by atoms with Gasteiger partial charge in [-0.05, 0) is 42.3 Å². The number of rotatable bonds is 5. The molecule has 0 radical (unpaired) electrons. The highest BCUT2D eigenvalue weighted by atomic mass is 35.5. The quantitative estimate of drug-likeness (QED) is 0.884. The minimum atomic E-state index is -0.334. The van der Waals surface area contributed by atoms with E-state index in [0.29, 0.717) is 16.5 Å². The van der Waals surface area contributed by atoms with Crippen LogP contribution in [0.1, 0.15) is 24.1 Å². The molecule has 2 rings (SSSR count). The van der Waals surface area contributed by atoms with Crippen LogP contribution in [0.5, 0.6) is 0 Å². The first-order valence-corrected chi connectivity index (χ1v) is 7.13. The second kappa shape index (κ2) is 7.02. The fourth-order valence-corrected chi connectivity index (χ4v) is 2.40. The summed E-state index contributed by atoms with van der Waals surface area (Å²) in [5.41, 5.74) is 1.85. The molecule has 0 amide bonds. The molecule has 1 heterocycles. The fraction of sp³-hybridized carbons (Fsp3) is 0.267. The third kappa shape index (κ3) is 3.92. The van der Waals surface area contributed by atoms with Crippen LogP contribution in [0, 0.1) is 5.82 Å². The Morgan fingerprint density at radius 2 is 2.00 bits per heavy atom. The van der Waals surface area contributed by atoms with Gasteiger partial charge < -0.3 is 5.32 Å². The summed E-state index contributed by atoms with van der Waals surface area (Å²) in [4.78, 5) is 3.90. The Kier molecular flexibility index (Phi) is 5.35. The van der Waals surface area contributed by atoms with Crippen LogP contribution in [0.25, 0.3) is 0 Å². The zero-order valence-electron chi connectivity index (χ0n) is 11.0. The Bertz CT molecular complexity index is 590. The van der Waals surface area contributed by atoms with Crippen LogP contribution in [0.3, 0.4) is 0 Å². The topological polar surface area (TPSA) is 24.9 Å². The summed E-state index contributed by atoms with van der Waals surface area (Å²) < 4.78 is 13.3. The molecule has 0 aliphatic rings. The summed E-state index contributed by atoms with van der Waals surface area (Å²) in [5.74, 6) is -0.334. The van der Waals surface area contributed by atoms with Crippen molar-refractivity contribution >= 4 is 23.2 Å². The van der Waals surface area contributed by atoms with Crippen molar-refractivity contribution in [2.45, 2.75) is 19.4 Å². The van der Waals surface area contributed by atoms with Gasteiger partial charge in [-0.2, -0.15) is 0 Å². The van der Waals surface area contributed by atoms with Gasteiger partial charge >= 0.3 is 0 Å². The van der Waals surface area contributed by atoms with E-state index in [4.69, 9.17) is 23.2 Å². The van der Waals surface area contributed by atoms with Crippen LogP contribution in [-0.2, 0) is 6.42 Å². The number of nitrogens with one attached hydrogen (secondary N) is 1. The monoisotopic (exact) mass is 312 g/mol. The first kappa shape index (κ1) is 15.2. The Balaban J connectivity index is 2.22. The maximum atomic E-state index is 13.3. The van der Waals surface area contributed by atoms with Crippen LogP contribution in [0.15, 0.2) is 36.7 Å². The molecule has 0 spiro atoms. The molecule has 2 nitrogen and oxygen atoms in total. The SMILES string of the molecule is CCNC(Cc1ccc(Cl)c(Cl)c1)c1cncc(F)c1. The number of hydrogen-bond donors (Lipinski definition) is 1. The summed E-state index contributed by atoms with van der Waals surface area (Å²) in [7, 11) is 0. The predicted octanol–water partition coefficient (Wildman–Crippen LogP) is 4.42. The largest absolute Gasteiger partial charge is 0.310 e. The smallest absolute Gasteiger partial charge is 0.141 e. The van der Waals surface area contributed by atoms with Crippen molar-refractivity contribution in [2.24, 2.45) is 0 Å². The minimum Gasteiger partial charge on any atom is -0.310 e. The molecule has 2 aromatic rings. The molecule has 1 N–H and O–H groups in total. The highest BCUT2D eigenvalue weighted by molar-refractivity contribution is 6.42. The van der Waals surface area contributed by atoms with Gasteiger partial charge in [0.25, 0.3) is 0 Å². The summed E-state index contributed by atoms with van der Waals surface area (Å²) in [5, 5.41) is 4.38. The van der Waals surface area contributed by atoms with Crippen LogP contribution in [-0.4, -0.2) is 11.5 Å². The predicted molar refractivity (Wildman–Crippen MR) is 80.8 cm³/mol. The molecule has 20 heavy (non-hydrogen) atoms. The molecule has 0 saturated heterocycles. The standard InChI is InChI=1S/C15H15Cl2FN2/c1-2-20-15(11-7-12(18)9-19-8-11)6-10-3-4-13(16)14(17)5-10/h3-5,7-9,15,20H,2,6H2,1H3. The lowest BCUT2D eigenvalue weighted by Crippen LogP contribution is -2.23. The third-order valence-corrected chi connectivity index (χ3v) is 3.74. The van der Waals surface area contributed by atoms with E-state index >= 15 is 0 Å². The van der Waals surface area contributed by atoms with Crippen molar-refractivity contribution in [2.75, 3.05) is 6.54 Å². The Hall–Kier alpha value is -1.16. The van der Waals surface area contributed by atoms with Crippen molar-refractivity contribution in [1.82, 2.24) is 10.3 Å². The first-order valence-electron chi connectivity index (χ1n) is 6.38. The van der Waals surface area contributed by atoms with E-state index in [0.717, 1.165) is 17.7 Å². The highest BCUT2D eigenvalue weighted by Crippen LogP contribution is 2.25. The number of pyridine rings is 1. The van der Waals surface area contributed by atoms with Gasteiger partial charge in [-0.25, -0.2) is 4.39 Å². The molecule has 5 heteroatoms. The van der Waals surface area contributed by atoms with Gasteiger partial charge in [0, 0.05) is 12.2 Å². The molecule has 0 aliphatic heterocycles. The number of aromatic nitrogens is 1. The van der Waals surface area contributed by atoms with Gasteiger partial charge in [0.15, 0.2) is 0 Å². The highest BCUT2D eigenvalue weighted by Gasteiger charge is 2.13. The van der Waals surface area contributed by atoms with Crippen LogP contribution < -0.4 is 5.32 Å². The molecule has 1 aromatic heterocycles. The zero-order chi connectivity index (χ0) is 14.5. The molecule has 0 fully saturated rings. The van der Waals surface area contributed by atoms with Gasteiger partial charge in [0.2, 0.25) is 0 Å². The molecule has 1 aromatic carbocycles. The number of likely N-dealkylation sites (N-methyl/N-ethyl adjacent to an activating group) is 1. The third-order valence-electron chi connectivity index (χ3n) is 3.00. The molecular formula is C15H15Cl2FN2. The van der Waals surface area contributed by atoms with Gasteiger partial charge in [0.1, 0.15) is 5.82 Å². The van der Waals surface area contributed by atoms with E-state index in [1.54, 1.807) is 12.3 Å². The van der Waals surface area contributed by atoms with Crippen LogP contribution in [0.4, 0.5) is 4.39 Å². The number of halogens is 3. The number of benzene rings is 1. The van der Waals surface area contributed by atoms with E-state index < -0.39 is 0 Å². The zero-order valence-corrected chi connectivity index (χ0v) is 12.5. The van der Waals surface area contributed by atoms with Crippen LogP contribution in [0.2, 0.25) is 10.0 Å². The average Bonchev–Trinajstić information content (AvgIpc) is 2.42. The van der Waals surface area contributed by atoms with E-state index in [2.05, 4.69) is 10.3 Å². The second-order valence-corrected chi connectivity index (χ2v) is 5.31. The van der Waals surface area contributed by atoms with Crippen molar-refractivity contribution in [3.8, 4) is 0 Å². The molecule has 0 bridgehead atoms. The number of nitrogens with zero attached hydrogens (tertiary/aromatic N) is 1. The molecular weight excluding hydrogens is 298 g/mol. The lowest BCUT2D eigenvalue weighted by molar-refractivity contribution is 0.539. The van der Waals surface area contributed by atoms with Gasteiger partial charge in [0.05, 0.1) is 16.2 Å².